The molecule has 0 bridgehead atoms. The number of amides is 2. The molecule has 0 saturated carbocycles. The molecule has 196 valence electrons. The molecule has 3 aromatic carbocycles. The van der Waals surface area contributed by atoms with Gasteiger partial charge in [-0.1, -0.05) is 93.9 Å². The highest BCUT2D eigenvalue weighted by Gasteiger charge is 2.30. The van der Waals surface area contributed by atoms with E-state index in [9.17, 15) is 9.59 Å². The van der Waals surface area contributed by atoms with Crippen LogP contribution in [0.15, 0.2) is 78.9 Å². The normalized spacial score (nSPS) is 11.7. The second-order valence-corrected chi connectivity index (χ2v) is 9.81. The summed E-state index contributed by atoms with van der Waals surface area (Å²) < 4.78 is 5.91. The zero-order chi connectivity index (χ0) is 26.6. The van der Waals surface area contributed by atoms with E-state index in [1.165, 1.54) is 5.56 Å². The minimum absolute atomic E-state index is 0.138. The standard InChI is InChI=1S/C32H40N2O3/c1-5-6-20-33-32(36)30(21-26-13-8-7-9-14-26)34(22-28-15-11-10-12-25(28)4)31(35)23-37-29-18-16-27(17-19-29)24(2)3/h7-19,24,30H,5-6,20-23H2,1-4H3,(H,33,36)/t30-/m0/s1. The summed E-state index contributed by atoms with van der Waals surface area (Å²) in [5.74, 6) is 0.703. The number of rotatable bonds is 13. The lowest BCUT2D eigenvalue weighted by molar-refractivity contribution is -0.142. The number of benzene rings is 3. The molecule has 0 heterocycles. The molecule has 0 fully saturated rings. The van der Waals surface area contributed by atoms with Gasteiger partial charge in [0.05, 0.1) is 0 Å². The van der Waals surface area contributed by atoms with Crippen LogP contribution in [0.1, 0.15) is 61.8 Å². The van der Waals surface area contributed by atoms with Gasteiger partial charge in [0, 0.05) is 19.5 Å². The predicted molar refractivity (Wildman–Crippen MR) is 150 cm³/mol. The van der Waals surface area contributed by atoms with Crippen LogP contribution in [0, 0.1) is 6.92 Å². The van der Waals surface area contributed by atoms with Crippen LogP contribution >= 0.6 is 0 Å². The van der Waals surface area contributed by atoms with Crippen LogP contribution < -0.4 is 10.1 Å². The maximum atomic E-state index is 13.7. The molecule has 0 aliphatic rings. The van der Waals surface area contributed by atoms with Crippen molar-refractivity contribution in [3.63, 3.8) is 0 Å². The van der Waals surface area contributed by atoms with Gasteiger partial charge in [-0.25, -0.2) is 0 Å². The molecule has 1 N–H and O–H groups in total. The second-order valence-electron chi connectivity index (χ2n) is 9.81. The summed E-state index contributed by atoms with van der Waals surface area (Å²) in [5, 5.41) is 3.06. The van der Waals surface area contributed by atoms with Gasteiger partial charge in [-0.15, -0.1) is 0 Å². The van der Waals surface area contributed by atoms with Crippen LogP contribution in [0.25, 0.3) is 0 Å². The SMILES string of the molecule is CCCCNC(=O)[C@H](Cc1ccccc1)N(Cc1ccccc1C)C(=O)COc1ccc(C(C)C)cc1. The van der Waals surface area contributed by atoms with Crippen LogP contribution in [0.3, 0.4) is 0 Å². The summed E-state index contributed by atoms with van der Waals surface area (Å²) in [7, 11) is 0. The first-order valence-corrected chi connectivity index (χ1v) is 13.3. The number of carbonyl (C=O) groups excluding carboxylic acids is 2. The molecule has 5 nitrogen and oxygen atoms in total. The van der Waals surface area contributed by atoms with E-state index >= 15 is 0 Å². The first kappa shape index (κ1) is 28.0. The third-order valence-corrected chi connectivity index (χ3v) is 6.61. The maximum absolute atomic E-state index is 13.7. The van der Waals surface area contributed by atoms with Gasteiger partial charge in [0.1, 0.15) is 11.8 Å². The predicted octanol–water partition coefficient (Wildman–Crippen LogP) is 6.05. The van der Waals surface area contributed by atoms with E-state index in [4.69, 9.17) is 4.74 Å². The van der Waals surface area contributed by atoms with E-state index in [1.807, 2.05) is 85.8 Å². The molecule has 5 heteroatoms. The summed E-state index contributed by atoms with van der Waals surface area (Å²) in [6.45, 7) is 9.18. The number of hydrogen-bond acceptors (Lipinski definition) is 3. The Morgan fingerprint density at radius 3 is 2.24 bits per heavy atom. The fourth-order valence-electron chi connectivity index (χ4n) is 4.21. The fraction of sp³-hybridized carbons (Fsp3) is 0.375. The molecule has 37 heavy (non-hydrogen) atoms. The van der Waals surface area contributed by atoms with Gasteiger partial charge in [0.15, 0.2) is 6.61 Å². The smallest absolute Gasteiger partial charge is 0.261 e. The number of ether oxygens (including phenoxy) is 1. The highest BCUT2D eigenvalue weighted by Crippen LogP contribution is 2.20. The summed E-state index contributed by atoms with van der Waals surface area (Å²) >= 11 is 0. The maximum Gasteiger partial charge on any atom is 0.261 e. The average Bonchev–Trinajstić information content (AvgIpc) is 2.91. The molecular weight excluding hydrogens is 460 g/mol. The number of aryl methyl sites for hydroxylation is 1. The lowest BCUT2D eigenvalue weighted by Crippen LogP contribution is -2.52. The summed E-state index contributed by atoms with van der Waals surface area (Å²) in [4.78, 5) is 28.8. The minimum Gasteiger partial charge on any atom is -0.484 e. The quantitative estimate of drug-likeness (QED) is 0.291. The highest BCUT2D eigenvalue weighted by atomic mass is 16.5. The summed E-state index contributed by atoms with van der Waals surface area (Å²) in [5.41, 5.74) is 4.31. The second kappa shape index (κ2) is 14.2. The van der Waals surface area contributed by atoms with Gasteiger partial charge >= 0.3 is 0 Å². The zero-order valence-electron chi connectivity index (χ0n) is 22.6. The van der Waals surface area contributed by atoms with E-state index < -0.39 is 6.04 Å². The molecule has 0 spiro atoms. The van der Waals surface area contributed by atoms with Crippen molar-refractivity contribution in [1.82, 2.24) is 10.2 Å². The average molecular weight is 501 g/mol. The number of carbonyl (C=O) groups is 2. The van der Waals surface area contributed by atoms with Crippen molar-refractivity contribution in [2.75, 3.05) is 13.2 Å². The Kier molecular flexibility index (Phi) is 10.8. The van der Waals surface area contributed by atoms with Crippen molar-refractivity contribution in [2.24, 2.45) is 0 Å². The van der Waals surface area contributed by atoms with Crippen molar-refractivity contribution >= 4 is 11.8 Å². The molecule has 0 saturated heterocycles. The Morgan fingerprint density at radius 2 is 1.59 bits per heavy atom. The Labute approximate surface area is 221 Å². The van der Waals surface area contributed by atoms with Gasteiger partial charge in [-0.2, -0.15) is 0 Å². The van der Waals surface area contributed by atoms with Crippen LogP contribution in [-0.4, -0.2) is 35.9 Å². The Morgan fingerprint density at radius 1 is 0.919 bits per heavy atom. The number of nitrogens with one attached hydrogen (secondary N) is 1. The molecule has 0 unspecified atom stereocenters. The number of unbranched alkanes of at least 4 members (excludes halogenated alkanes) is 1. The summed E-state index contributed by atoms with van der Waals surface area (Å²) in [6, 6.07) is 25.0. The Balaban J connectivity index is 1.87. The van der Waals surface area contributed by atoms with E-state index in [0.29, 0.717) is 31.2 Å². The van der Waals surface area contributed by atoms with Crippen LogP contribution in [0.5, 0.6) is 5.75 Å². The molecule has 3 aromatic rings. The van der Waals surface area contributed by atoms with Crippen molar-refractivity contribution in [1.29, 1.82) is 0 Å². The number of nitrogens with zero attached hydrogens (tertiary/aromatic N) is 1. The van der Waals surface area contributed by atoms with Crippen LogP contribution in [-0.2, 0) is 22.6 Å². The highest BCUT2D eigenvalue weighted by molar-refractivity contribution is 5.88. The van der Waals surface area contributed by atoms with Crippen molar-refractivity contribution in [3.05, 3.63) is 101 Å². The largest absolute Gasteiger partial charge is 0.484 e. The van der Waals surface area contributed by atoms with E-state index in [1.54, 1.807) is 4.90 Å². The number of hydrogen-bond donors (Lipinski definition) is 1. The van der Waals surface area contributed by atoms with E-state index in [-0.39, 0.29) is 18.4 Å². The third kappa shape index (κ3) is 8.49. The first-order chi connectivity index (χ1) is 17.9. The van der Waals surface area contributed by atoms with E-state index in [2.05, 4.69) is 26.1 Å². The molecule has 0 aromatic heterocycles. The molecular formula is C32H40N2O3. The van der Waals surface area contributed by atoms with E-state index in [0.717, 1.165) is 29.5 Å². The van der Waals surface area contributed by atoms with Gasteiger partial charge in [0.25, 0.3) is 5.91 Å². The molecule has 2 amide bonds. The van der Waals surface area contributed by atoms with Gasteiger partial charge < -0.3 is 15.0 Å². The molecule has 0 radical (unpaired) electrons. The molecule has 3 rings (SSSR count). The Bertz CT molecular complexity index is 1130. The lowest BCUT2D eigenvalue weighted by atomic mass is 10.0. The lowest BCUT2D eigenvalue weighted by Gasteiger charge is -2.32. The zero-order valence-corrected chi connectivity index (χ0v) is 22.6. The third-order valence-electron chi connectivity index (χ3n) is 6.61. The first-order valence-electron chi connectivity index (χ1n) is 13.3. The van der Waals surface area contributed by atoms with Crippen molar-refractivity contribution in [3.8, 4) is 5.75 Å². The van der Waals surface area contributed by atoms with Crippen LogP contribution in [0.2, 0.25) is 0 Å². The molecule has 0 aliphatic carbocycles. The monoisotopic (exact) mass is 500 g/mol. The molecule has 1 atom stereocenters. The summed E-state index contributed by atoms with van der Waals surface area (Å²) in [6.07, 6.45) is 2.31. The minimum atomic E-state index is -0.654. The van der Waals surface area contributed by atoms with Gasteiger partial charge in [-0.05, 0) is 53.6 Å². The topological polar surface area (TPSA) is 58.6 Å². The molecule has 0 aliphatic heterocycles. The van der Waals surface area contributed by atoms with Gasteiger partial charge in [0.2, 0.25) is 5.91 Å². The fourth-order valence-corrected chi connectivity index (χ4v) is 4.21. The van der Waals surface area contributed by atoms with Crippen molar-refractivity contribution in [2.45, 2.75) is 65.5 Å². The Hall–Kier alpha value is -3.60. The van der Waals surface area contributed by atoms with Gasteiger partial charge in [-0.3, -0.25) is 9.59 Å². The van der Waals surface area contributed by atoms with Crippen molar-refractivity contribution < 1.29 is 14.3 Å². The van der Waals surface area contributed by atoms with Crippen LogP contribution in [0.4, 0.5) is 0 Å².